The first-order valence-corrected chi connectivity index (χ1v) is 3.23. The lowest BCUT2D eigenvalue weighted by molar-refractivity contribution is 0.633. The average Bonchev–Trinajstić information content (AvgIpc) is 2.34. The number of hydrogen-bond acceptors (Lipinski definition) is 2. The molecule has 3 nitrogen and oxygen atoms in total. The van der Waals surface area contributed by atoms with E-state index in [4.69, 9.17) is 0 Å². The lowest BCUT2D eigenvalue weighted by Crippen LogP contribution is -1.79. The number of halogens is 1. The van der Waals surface area contributed by atoms with Gasteiger partial charge in [0.25, 0.3) is 0 Å². The fourth-order valence-corrected chi connectivity index (χ4v) is 1.08. The molecule has 2 heterocycles. The molecule has 0 aliphatic heterocycles. The first kappa shape index (κ1) is 6.27. The molecule has 0 saturated heterocycles. The molecule has 0 unspecified atom stereocenters. The summed E-state index contributed by atoms with van der Waals surface area (Å²) >= 11 is 0. The van der Waals surface area contributed by atoms with Gasteiger partial charge in [-0.25, -0.2) is 4.39 Å². The van der Waals surface area contributed by atoms with Crippen molar-refractivity contribution in [3.8, 4) is 0 Å². The van der Waals surface area contributed by atoms with Crippen LogP contribution in [0.1, 0.15) is 5.69 Å². The predicted molar refractivity (Wildman–Crippen MR) is 38.6 cm³/mol. The van der Waals surface area contributed by atoms with Crippen molar-refractivity contribution in [1.82, 2.24) is 15.2 Å². The largest absolute Gasteiger partial charge is 0.281 e. The van der Waals surface area contributed by atoms with E-state index in [1.165, 1.54) is 12.4 Å². The van der Waals surface area contributed by atoms with Gasteiger partial charge in [0.15, 0.2) is 5.82 Å². The van der Waals surface area contributed by atoms with E-state index in [1.54, 1.807) is 6.92 Å². The van der Waals surface area contributed by atoms with Gasteiger partial charge < -0.3 is 0 Å². The van der Waals surface area contributed by atoms with Gasteiger partial charge in [0.2, 0.25) is 0 Å². The molecule has 0 aliphatic rings. The molecule has 4 heteroatoms. The van der Waals surface area contributed by atoms with E-state index in [2.05, 4.69) is 15.2 Å². The summed E-state index contributed by atoms with van der Waals surface area (Å²) in [6.45, 7) is 1.78. The molecular weight excluding hydrogens is 145 g/mol. The monoisotopic (exact) mass is 151 g/mol. The molecule has 2 aromatic heterocycles. The molecule has 11 heavy (non-hydrogen) atoms. The molecular formula is C7H6FN3. The second kappa shape index (κ2) is 2.02. The van der Waals surface area contributed by atoms with Crippen molar-refractivity contribution in [2.24, 2.45) is 0 Å². The Morgan fingerprint density at radius 1 is 1.45 bits per heavy atom. The highest BCUT2D eigenvalue weighted by molar-refractivity contribution is 5.80. The highest BCUT2D eigenvalue weighted by Crippen LogP contribution is 2.16. The average molecular weight is 151 g/mol. The maximum absolute atomic E-state index is 13.0. The van der Waals surface area contributed by atoms with Crippen LogP contribution in [0.2, 0.25) is 0 Å². The van der Waals surface area contributed by atoms with E-state index in [9.17, 15) is 4.39 Å². The fraction of sp³-hybridized carbons (Fsp3) is 0.143. The first-order valence-electron chi connectivity index (χ1n) is 3.23. The third-order valence-corrected chi connectivity index (χ3v) is 1.60. The minimum Gasteiger partial charge on any atom is -0.281 e. The first-order chi connectivity index (χ1) is 5.29. The summed E-state index contributed by atoms with van der Waals surface area (Å²) in [5.41, 5.74) is 1.31. The van der Waals surface area contributed by atoms with Gasteiger partial charge in [-0.2, -0.15) is 5.10 Å². The zero-order valence-corrected chi connectivity index (χ0v) is 5.93. The molecule has 0 fully saturated rings. The number of nitrogens with one attached hydrogen (secondary N) is 1. The molecule has 0 amide bonds. The van der Waals surface area contributed by atoms with Crippen LogP contribution in [-0.4, -0.2) is 15.2 Å². The number of aryl methyl sites for hydroxylation is 1. The van der Waals surface area contributed by atoms with Gasteiger partial charge >= 0.3 is 0 Å². The number of hydrogen-bond donors (Lipinski definition) is 1. The third kappa shape index (κ3) is 0.790. The van der Waals surface area contributed by atoms with Gasteiger partial charge in [-0.1, -0.05) is 0 Å². The highest BCUT2D eigenvalue weighted by atomic mass is 19.1. The van der Waals surface area contributed by atoms with Crippen molar-refractivity contribution in [3.05, 3.63) is 23.9 Å². The van der Waals surface area contributed by atoms with Crippen molar-refractivity contribution in [2.45, 2.75) is 6.92 Å². The molecule has 56 valence electrons. The predicted octanol–water partition coefficient (Wildman–Crippen LogP) is 1.41. The Kier molecular flexibility index (Phi) is 1.15. The molecule has 0 bridgehead atoms. The number of pyridine rings is 1. The van der Waals surface area contributed by atoms with Crippen LogP contribution in [0.25, 0.3) is 10.9 Å². The quantitative estimate of drug-likeness (QED) is 0.618. The minimum atomic E-state index is -0.325. The maximum atomic E-state index is 13.0. The Balaban J connectivity index is 2.96. The number of fused-ring (bicyclic) bond motifs is 1. The summed E-state index contributed by atoms with van der Waals surface area (Å²) in [4.78, 5) is 3.67. The molecule has 0 saturated carbocycles. The number of aromatic amines is 1. The molecule has 1 N–H and O–H groups in total. The lowest BCUT2D eigenvalue weighted by atomic mass is 10.2. The van der Waals surface area contributed by atoms with Crippen molar-refractivity contribution in [2.75, 3.05) is 0 Å². The van der Waals surface area contributed by atoms with Crippen LogP contribution >= 0.6 is 0 Å². The summed E-state index contributed by atoms with van der Waals surface area (Å²) in [6, 6.07) is 0. The topological polar surface area (TPSA) is 41.6 Å². The van der Waals surface area contributed by atoms with E-state index in [0.29, 0.717) is 10.9 Å². The molecule has 0 aromatic carbocycles. The van der Waals surface area contributed by atoms with E-state index in [0.717, 1.165) is 5.69 Å². The third-order valence-electron chi connectivity index (χ3n) is 1.60. The van der Waals surface area contributed by atoms with Crippen LogP contribution in [0, 0.1) is 12.7 Å². The second-order valence-electron chi connectivity index (χ2n) is 2.36. The molecule has 0 atom stereocenters. The van der Waals surface area contributed by atoms with Crippen molar-refractivity contribution in [3.63, 3.8) is 0 Å². The Bertz CT molecular complexity index is 393. The van der Waals surface area contributed by atoms with Crippen LogP contribution in [0.3, 0.4) is 0 Å². The number of rotatable bonds is 0. The van der Waals surface area contributed by atoms with Gasteiger partial charge in [-0.3, -0.25) is 10.1 Å². The summed E-state index contributed by atoms with van der Waals surface area (Å²) in [5, 5.41) is 7.07. The second-order valence-corrected chi connectivity index (χ2v) is 2.36. The number of aromatic nitrogens is 3. The Morgan fingerprint density at radius 3 is 3.00 bits per heavy atom. The summed E-state index contributed by atoms with van der Waals surface area (Å²) in [5.74, 6) is -0.325. The maximum Gasteiger partial charge on any atom is 0.152 e. The Labute approximate surface area is 62.3 Å². The van der Waals surface area contributed by atoms with E-state index < -0.39 is 0 Å². The normalized spacial score (nSPS) is 10.7. The van der Waals surface area contributed by atoms with Crippen molar-refractivity contribution in [1.29, 1.82) is 0 Å². The Hall–Kier alpha value is -1.45. The molecule has 0 radical (unpaired) electrons. The summed E-state index contributed by atoms with van der Waals surface area (Å²) < 4.78 is 13.0. The molecule has 0 spiro atoms. The molecule has 0 aliphatic carbocycles. The van der Waals surface area contributed by atoms with Crippen molar-refractivity contribution < 1.29 is 4.39 Å². The fourth-order valence-electron chi connectivity index (χ4n) is 1.08. The lowest BCUT2D eigenvalue weighted by Gasteiger charge is -1.89. The zero-order valence-electron chi connectivity index (χ0n) is 5.93. The molecule has 2 rings (SSSR count). The SMILES string of the molecule is Cc1[nH]nc2cncc(F)c12. The minimum absolute atomic E-state index is 0.325. The van der Waals surface area contributed by atoms with Crippen LogP contribution in [0.15, 0.2) is 12.4 Å². The van der Waals surface area contributed by atoms with Gasteiger partial charge in [0, 0.05) is 5.69 Å². The highest BCUT2D eigenvalue weighted by Gasteiger charge is 2.05. The zero-order chi connectivity index (χ0) is 7.84. The van der Waals surface area contributed by atoms with E-state index in [-0.39, 0.29) is 5.82 Å². The van der Waals surface area contributed by atoms with Crippen LogP contribution in [0.5, 0.6) is 0 Å². The van der Waals surface area contributed by atoms with Gasteiger partial charge in [-0.15, -0.1) is 0 Å². The van der Waals surface area contributed by atoms with Crippen molar-refractivity contribution >= 4 is 10.9 Å². The summed E-state index contributed by atoms with van der Waals surface area (Å²) in [6.07, 6.45) is 2.72. The van der Waals surface area contributed by atoms with Crippen LogP contribution in [0.4, 0.5) is 4.39 Å². The van der Waals surface area contributed by atoms with E-state index >= 15 is 0 Å². The van der Waals surface area contributed by atoms with Gasteiger partial charge in [-0.05, 0) is 6.92 Å². The van der Waals surface area contributed by atoms with Gasteiger partial charge in [0.1, 0.15) is 5.52 Å². The van der Waals surface area contributed by atoms with Crippen LogP contribution < -0.4 is 0 Å². The van der Waals surface area contributed by atoms with Crippen LogP contribution in [-0.2, 0) is 0 Å². The number of H-pyrrole nitrogens is 1. The Morgan fingerprint density at radius 2 is 2.27 bits per heavy atom. The van der Waals surface area contributed by atoms with Gasteiger partial charge in [0.05, 0.1) is 17.8 Å². The molecule has 2 aromatic rings. The summed E-state index contributed by atoms with van der Waals surface area (Å²) in [7, 11) is 0. The number of nitrogens with zero attached hydrogens (tertiary/aromatic N) is 2. The van der Waals surface area contributed by atoms with E-state index in [1.807, 2.05) is 0 Å². The standard InChI is InChI=1S/C7H6FN3/c1-4-7-5(8)2-9-3-6(7)11-10-4/h2-3H,1H3,(H,10,11). The smallest absolute Gasteiger partial charge is 0.152 e.